The molecular weight excluding hydrogens is 274 g/mol. The van der Waals surface area contributed by atoms with E-state index in [0.29, 0.717) is 15.8 Å². The van der Waals surface area contributed by atoms with Gasteiger partial charge in [0.1, 0.15) is 4.32 Å². The van der Waals surface area contributed by atoms with E-state index >= 15 is 0 Å². The lowest BCUT2D eigenvalue weighted by Crippen LogP contribution is -2.27. The van der Waals surface area contributed by atoms with Crippen molar-refractivity contribution in [3.05, 3.63) is 52.4 Å². The predicted octanol–water partition coefficient (Wildman–Crippen LogP) is 3.85. The van der Waals surface area contributed by atoms with E-state index in [1.54, 1.807) is 4.90 Å². The first kappa shape index (κ1) is 14.0. The van der Waals surface area contributed by atoms with Crippen LogP contribution < -0.4 is 0 Å². The Kier molecular flexibility index (Phi) is 4.56. The highest BCUT2D eigenvalue weighted by molar-refractivity contribution is 8.26. The van der Waals surface area contributed by atoms with Crippen LogP contribution in [0.15, 0.2) is 46.9 Å². The molecule has 0 spiro atoms. The first-order chi connectivity index (χ1) is 9.11. The number of benzene rings is 1. The molecule has 0 aromatic heterocycles. The Balaban J connectivity index is 2.21. The van der Waals surface area contributed by atoms with Crippen LogP contribution in [0.5, 0.6) is 0 Å². The van der Waals surface area contributed by atoms with E-state index in [1.165, 1.54) is 11.8 Å². The van der Waals surface area contributed by atoms with Crippen molar-refractivity contribution in [2.24, 2.45) is 0 Å². The van der Waals surface area contributed by atoms with Crippen molar-refractivity contribution in [2.75, 3.05) is 6.54 Å². The van der Waals surface area contributed by atoms with Gasteiger partial charge in [0, 0.05) is 6.54 Å². The van der Waals surface area contributed by atoms with Gasteiger partial charge in [-0.2, -0.15) is 0 Å². The maximum atomic E-state index is 12.1. The summed E-state index contributed by atoms with van der Waals surface area (Å²) in [7, 11) is 0. The highest BCUT2D eigenvalue weighted by Gasteiger charge is 2.30. The number of nitrogens with zero attached hydrogens (tertiary/aromatic N) is 1. The summed E-state index contributed by atoms with van der Waals surface area (Å²) in [5.41, 5.74) is 2.17. The van der Waals surface area contributed by atoms with Crippen molar-refractivity contribution >= 4 is 40.3 Å². The predicted molar refractivity (Wildman–Crippen MR) is 85.8 cm³/mol. The third-order valence-electron chi connectivity index (χ3n) is 2.74. The summed E-state index contributed by atoms with van der Waals surface area (Å²) < 4.78 is 0.645. The van der Waals surface area contributed by atoms with Crippen LogP contribution in [-0.4, -0.2) is 21.7 Å². The van der Waals surface area contributed by atoms with Gasteiger partial charge in [0.2, 0.25) is 0 Å². The average molecular weight is 289 g/mol. The highest BCUT2D eigenvalue weighted by atomic mass is 32.2. The minimum Gasteiger partial charge on any atom is -0.293 e. The summed E-state index contributed by atoms with van der Waals surface area (Å²) in [4.78, 5) is 14.4. The maximum Gasteiger partial charge on any atom is 0.266 e. The molecule has 0 atom stereocenters. The van der Waals surface area contributed by atoms with Crippen LogP contribution in [-0.2, 0) is 4.79 Å². The molecule has 1 saturated heterocycles. The Morgan fingerprint density at radius 2 is 2.05 bits per heavy atom. The Hall–Kier alpha value is -1.39. The van der Waals surface area contributed by atoms with Crippen molar-refractivity contribution < 1.29 is 4.79 Å². The fourth-order valence-corrected chi connectivity index (χ4v) is 3.27. The van der Waals surface area contributed by atoms with Gasteiger partial charge in [-0.15, -0.1) is 0 Å². The normalized spacial score (nSPS) is 18.5. The molecule has 19 heavy (non-hydrogen) atoms. The molecule has 0 aliphatic carbocycles. The Bertz CT molecular complexity index is 561. The number of thiocarbonyl (C=S) groups is 1. The molecule has 1 fully saturated rings. The number of thioether (sulfide) groups is 1. The number of amides is 1. The molecule has 1 aliphatic heterocycles. The summed E-state index contributed by atoms with van der Waals surface area (Å²) in [6, 6.07) is 10.0. The molecule has 0 unspecified atom stereocenters. The first-order valence-corrected chi connectivity index (χ1v) is 7.33. The molecule has 1 amide bonds. The topological polar surface area (TPSA) is 20.3 Å². The molecule has 0 saturated carbocycles. The number of carbonyl (C=O) groups excluding carboxylic acids is 1. The second kappa shape index (κ2) is 6.17. The fourth-order valence-electron chi connectivity index (χ4n) is 1.83. The van der Waals surface area contributed by atoms with E-state index in [1.807, 2.05) is 50.3 Å². The van der Waals surface area contributed by atoms with Gasteiger partial charge in [0.15, 0.2) is 0 Å². The zero-order valence-electron chi connectivity index (χ0n) is 10.9. The summed E-state index contributed by atoms with van der Waals surface area (Å²) in [6.45, 7) is 4.55. The van der Waals surface area contributed by atoms with Crippen LogP contribution in [0.3, 0.4) is 0 Å². The average Bonchev–Trinajstić information content (AvgIpc) is 2.65. The zero-order chi connectivity index (χ0) is 13.8. The number of carbonyl (C=O) groups is 1. The molecule has 0 N–H and O–H groups in total. The van der Waals surface area contributed by atoms with E-state index in [0.717, 1.165) is 11.1 Å². The van der Waals surface area contributed by atoms with E-state index in [2.05, 4.69) is 6.08 Å². The van der Waals surface area contributed by atoms with Crippen molar-refractivity contribution in [1.82, 2.24) is 4.90 Å². The van der Waals surface area contributed by atoms with Crippen molar-refractivity contribution in [3.63, 3.8) is 0 Å². The monoisotopic (exact) mass is 289 g/mol. The molecule has 1 aromatic rings. The molecule has 0 radical (unpaired) electrons. The van der Waals surface area contributed by atoms with Gasteiger partial charge in [0.25, 0.3) is 5.91 Å². The second-order valence-corrected chi connectivity index (χ2v) is 5.90. The van der Waals surface area contributed by atoms with Gasteiger partial charge < -0.3 is 0 Å². The zero-order valence-corrected chi connectivity index (χ0v) is 12.6. The number of likely N-dealkylation sites (N-methyl/N-ethyl adjacent to an activating group) is 1. The van der Waals surface area contributed by atoms with Crippen molar-refractivity contribution in [1.29, 1.82) is 0 Å². The third-order valence-corrected chi connectivity index (χ3v) is 4.12. The number of rotatable bonds is 3. The van der Waals surface area contributed by atoms with E-state index < -0.39 is 0 Å². The molecule has 98 valence electrons. The van der Waals surface area contributed by atoms with Gasteiger partial charge in [-0.3, -0.25) is 9.69 Å². The Labute approximate surface area is 123 Å². The van der Waals surface area contributed by atoms with Crippen LogP contribution in [0.2, 0.25) is 0 Å². The standard InChI is InChI=1S/C15H15NOS2/c1-3-16-14(17)13(19-15(16)18)10-11(2)9-12-7-5-4-6-8-12/h4-10H,3H2,1-2H3/b11-9-,13-10-. The van der Waals surface area contributed by atoms with Crippen LogP contribution in [0.25, 0.3) is 6.08 Å². The first-order valence-electron chi connectivity index (χ1n) is 6.10. The minimum atomic E-state index is 0.0123. The molecule has 0 bridgehead atoms. The lowest BCUT2D eigenvalue weighted by molar-refractivity contribution is -0.122. The Morgan fingerprint density at radius 1 is 1.37 bits per heavy atom. The molecule has 1 aromatic carbocycles. The summed E-state index contributed by atoms with van der Waals surface area (Å²) >= 11 is 6.56. The highest BCUT2D eigenvalue weighted by Crippen LogP contribution is 2.31. The molecule has 1 aliphatic rings. The molecule has 4 heteroatoms. The molecule has 2 nitrogen and oxygen atoms in total. The number of allylic oxidation sites excluding steroid dienone is 2. The minimum absolute atomic E-state index is 0.0123. The van der Waals surface area contributed by atoms with Gasteiger partial charge in [-0.05, 0) is 31.1 Å². The van der Waals surface area contributed by atoms with Crippen molar-refractivity contribution in [2.45, 2.75) is 13.8 Å². The Morgan fingerprint density at radius 3 is 2.63 bits per heavy atom. The molecule has 1 heterocycles. The van der Waals surface area contributed by atoms with E-state index in [9.17, 15) is 4.79 Å². The molecular formula is C15H15NOS2. The summed E-state index contributed by atoms with van der Waals surface area (Å²) in [5, 5.41) is 0. The third kappa shape index (κ3) is 3.33. The molecule has 2 rings (SSSR count). The van der Waals surface area contributed by atoms with Gasteiger partial charge >= 0.3 is 0 Å². The van der Waals surface area contributed by atoms with Crippen LogP contribution in [0.4, 0.5) is 0 Å². The maximum absolute atomic E-state index is 12.1. The lowest BCUT2D eigenvalue weighted by atomic mass is 10.1. The fraction of sp³-hybridized carbons (Fsp3) is 0.200. The largest absolute Gasteiger partial charge is 0.293 e. The van der Waals surface area contributed by atoms with Gasteiger partial charge in [0.05, 0.1) is 4.91 Å². The van der Waals surface area contributed by atoms with Gasteiger partial charge in [-0.1, -0.05) is 60.4 Å². The summed E-state index contributed by atoms with van der Waals surface area (Å²) in [5.74, 6) is 0.0123. The van der Waals surface area contributed by atoms with Crippen LogP contribution >= 0.6 is 24.0 Å². The SMILES string of the molecule is CCN1C(=O)/C(=C/C(C)=C\c2ccccc2)SC1=S. The lowest BCUT2D eigenvalue weighted by Gasteiger charge is -2.09. The van der Waals surface area contributed by atoms with Crippen LogP contribution in [0, 0.1) is 0 Å². The van der Waals surface area contributed by atoms with E-state index in [-0.39, 0.29) is 5.91 Å². The quantitative estimate of drug-likeness (QED) is 0.622. The smallest absolute Gasteiger partial charge is 0.266 e. The van der Waals surface area contributed by atoms with Gasteiger partial charge in [-0.25, -0.2) is 0 Å². The van der Waals surface area contributed by atoms with Crippen LogP contribution in [0.1, 0.15) is 19.4 Å². The number of hydrogen-bond acceptors (Lipinski definition) is 3. The van der Waals surface area contributed by atoms with E-state index in [4.69, 9.17) is 12.2 Å². The second-order valence-electron chi connectivity index (χ2n) is 4.23. The number of hydrogen-bond donors (Lipinski definition) is 0. The summed E-state index contributed by atoms with van der Waals surface area (Å²) in [6.07, 6.45) is 3.96. The van der Waals surface area contributed by atoms with Crippen molar-refractivity contribution in [3.8, 4) is 0 Å².